The van der Waals surface area contributed by atoms with Crippen LogP contribution in [0.2, 0.25) is 5.02 Å². The molecule has 1 fully saturated rings. The monoisotopic (exact) mass is 543 g/mol. The van der Waals surface area contributed by atoms with E-state index in [0.29, 0.717) is 39.5 Å². The molecule has 2 aromatic carbocycles. The second-order valence-corrected chi connectivity index (χ2v) is 8.91. The van der Waals surface area contributed by atoms with E-state index < -0.39 is 28.5 Å². The van der Waals surface area contributed by atoms with Gasteiger partial charge in [0.1, 0.15) is 29.6 Å². The normalized spacial score (nSPS) is 14.2. The second kappa shape index (κ2) is 10.8. The number of nitrogens with zero attached hydrogens (tertiary/aromatic N) is 2. The van der Waals surface area contributed by atoms with Crippen LogP contribution in [0.25, 0.3) is 17.4 Å². The Morgan fingerprint density at radius 3 is 2.57 bits per heavy atom. The van der Waals surface area contributed by atoms with Crippen LogP contribution in [0.5, 0.6) is 11.5 Å². The van der Waals surface area contributed by atoms with Crippen molar-refractivity contribution in [3.05, 3.63) is 74.3 Å². The standard InChI is InChI=1S/C24H18ClN3O8S/c1-34-19-7-3-13(9-17(19)25)26-22(29)12-27-23(30)21(37-24(27)31)11-15-5-8-18(36-15)16-6-4-14(28(32)33)10-20(16)35-2/h3-11H,12H2,1-2H3,(H,26,29)/b21-11+. The van der Waals surface area contributed by atoms with Crippen LogP contribution >= 0.6 is 23.4 Å². The number of amides is 3. The lowest BCUT2D eigenvalue weighted by Gasteiger charge is -2.13. The van der Waals surface area contributed by atoms with Crippen molar-refractivity contribution >= 4 is 57.9 Å². The Morgan fingerprint density at radius 2 is 1.89 bits per heavy atom. The maximum Gasteiger partial charge on any atom is 0.294 e. The number of furan rings is 1. The van der Waals surface area contributed by atoms with Crippen LogP contribution in [0.15, 0.2) is 57.9 Å². The summed E-state index contributed by atoms with van der Waals surface area (Å²) in [6.07, 6.45) is 1.38. The van der Waals surface area contributed by atoms with Gasteiger partial charge in [-0.05, 0) is 48.2 Å². The first-order valence-electron chi connectivity index (χ1n) is 10.5. The van der Waals surface area contributed by atoms with Crippen molar-refractivity contribution in [3.63, 3.8) is 0 Å². The van der Waals surface area contributed by atoms with Crippen LogP contribution < -0.4 is 14.8 Å². The van der Waals surface area contributed by atoms with Gasteiger partial charge in [0.05, 0.1) is 40.7 Å². The molecule has 4 rings (SSSR count). The largest absolute Gasteiger partial charge is 0.496 e. The number of hydrogen-bond acceptors (Lipinski definition) is 9. The smallest absolute Gasteiger partial charge is 0.294 e. The van der Waals surface area contributed by atoms with E-state index in [1.165, 1.54) is 44.6 Å². The minimum Gasteiger partial charge on any atom is -0.496 e. The summed E-state index contributed by atoms with van der Waals surface area (Å²) in [6, 6.07) is 11.9. The molecule has 1 aromatic heterocycles. The summed E-state index contributed by atoms with van der Waals surface area (Å²) in [5, 5.41) is 13.3. The van der Waals surface area contributed by atoms with Gasteiger partial charge in [0.15, 0.2) is 0 Å². The molecule has 0 spiro atoms. The van der Waals surface area contributed by atoms with Gasteiger partial charge in [0.2, 0.25) is 5.91 Å². The van der Waals surface area contributed by atoms with Gasteiger partial charge in [0, 0.05) is 17.8 Å². The zero-order chi connectivity index (χ0) is 26.7. The number of nitrogens with one attached hydrogen (secondary N) is 1. The molecule has 1 aliphatic heterocycles. The molecule has 190 valence electrons. The topological polar surface area (TPSA) is 141 Å². The molecular weight excluding hydrogens is 526 g/mol. The Hall–Kier alpha value is -4.29. The Bertz CT molecular complexity index is 1450. The summed E-state index contributed by atoms with van der Waals surface area (Å²) < 4.78 is 16.1. The molecule has 11 nitrogen and oxygen atoms in total. The van der Waals surface area contributed by atoms with Gasteiger partial charge in [-0.2, -0.15) is 0 Å². The van der Waals surface area contributed by atoms with Crippen LogP contribution in [-0.4, -0.2) is 47.6 Å². The van der Waals surface area contributed by atoms with Crippen molar-refractivity contribution in [1.82, 2.24) is 4.90 Å². The van der Waals surface area contributed by atoms with E-state index in [1.54, 1.807) is 24.3 Å². The number of non-ortho nitro benzene ring substituents is 1. The number of methoxy groups -OCH3 is 2. The maximum atomic E-state index is 12.8. The van der Waals surface area contributed by atoms with Gasteiger partial charge in [0.25, 0.3) is 16.8 Å². The molecule has 37 heavy (non-hydrogen) atoms. The number of halogens is 1. The van der Waals surface area contributed by atoms with Gasteiger partial charge >= 0.3 is 0 Å². The van der Waals surface area contributed by atoms with Crippen LogP contribution in [0, 0.1) is 10.1 Å². The quantitative estimate of drug-likeness (QED) is 0.230. The number of carbonyl (C=O) groups is 3. The molecule has 0 unspecified atom stereocenters. The number of nitro groups is 1. The van der Waals surface area contributed by atoms with E-state index >= 15 is 0 Å². The number of carbonyl (C=O) groups excluding carboxylic acids is 3. The van der Waals surface area contributed by atoms with Crippen molar-refractivity contribution in [2.45, 2.75) is 0 Å². The van der Waals surface area contributed by atoms with Crippen molar-refractivity contribution in [2.75, 3.05) is 26.1 Å². The fourth-order valence-electron chi connectivity index (χ4n) is 3.43. The first-order chi connectivity index (χ1) is 17.7. The molecule has 1 saturated heterocycles. The van der Waals surface area contributed by atoms with Crippen molar-refractivity contribution < 1.29 is 33.2 Å². The number of nitro benzene ring substituents is 1. The van der Waals surface area contributed by atoms with E-state index in [4.69, 9.17) is 25.5 Å². The molecule has 1 N–H and O–H groups in total. The zero-order valence-corrected chi connectivity index (χ0v) is 20.9. The van der Waals surface area contributed by atoms with Gasteiger partial charge in [-0.25, -0.2) is 0 Å². The molecule has 2 heterocycles. The minimum absolute atomic E-state index is 0.0712. The molecule has 1 aliphatic rings. The van der Waals surface area contributed by atoms with Gasteiger partial charge < -0.3 is 19.2 Å². The first-order valence-corrected chi connectivity index (χ1v) is 11.7. The lowest BCUT2D eigenvalue weighted by Crippen LogP contribution is -2.36. The summed E-state index contributed by atoms with van der Waals surface area (Å²) in [7, 11) is 2.84. The third kappa shape index (κ3) is 5.60. The summed E-state index contributed by atoms with van der Waals surface area (Å²) in [6.45, 7) is -0.491. The van der Waals surface area contributed by atoms with Crippen molar-refractivity contribution in [3.8, 4) is 22.8 Å². The third-order valence-electron chi connectivity index (χ3n) is 5.17. The average molecular weight is 544 g/mol. The molecule has 13 heteroatoms. The number of ether oxygens (including phenoxy) is 2. The highest BCUT2D eigenvalue weighted by Gasteiger charge is 2.36. The van der Waals surface area contributed by atoms with E-state index in [0.717, 1.165) is 4.90 Å². The molecular formula is C24H18ClN3O8S. The molecule has 3 amide bonds. The van der Waals surface area contributed by atoms with E-state index in [9.17, 15) is 24.5 Å². The van der Waals surface area contributed by atoms with Gasteiger partial charge in [-0.1, -0.05) is 11.6 Å². The number of anilines is 1. The SMILES string of the molecule is COc1ccc(NC(=O)CN2C(=O)S/C(=C/c3ccc(-c4ccc([N+](=O)[O-])cc4OC)o3)C2=O)cc1Cl. The second-order valence-electron chi connectivity index (χ2n) is 7.51. The highest BCUT2D eigenvalue weighted by Crippen LogP contribution is 2.36. The highest BCUT2D eigenvalue weighted by atomic mass is 35.5. The number of hydrogen-bond donors (Lipinski definition) is 1. The molecule has 0 saturated carbocycles. The Labute approximate surface area is 219 Å². The Kier molecular flexibility index (Phi) is 7.50. The average Bonchev–Trinajstić information content (AvgIpc) is 3.43. The van der Waals surface area contributed by atoms with Crippen molar-refractivity contribution in [2.24, 2.45) is 0 Å². The lowest BCUT2D eigenvalue weighted by atomic mass is 10.1. The van der Waals surface area contributed by atoms with E-state index in [-0.39, 0.29) is 22.1 Å². The predicted molar refractivity (Wildman–Crippen MR) is 137 cm³/mol. The summed E-state index contributed by atoms with van der Waals surface area (Å²) >= 11 is 6.73. The van der Waals surface area contributed by atoms with E-state index in [2.05, 4.69) is 5.32 Å². The van der Waals surface area contributed by atoms with Crippen LogP contribution in [-0.2, 0) is 9.59 Å². The Morgan fingerprint density at radius 1 is 1.14 bits per heavy atom. The summed E-state index contributed by atoms with van der Waals surface area (Å²) in [5.74, 6) is 0.0375. The van der Waals surface area contributed by atoms with E-state index in [1.807, 2.05) is 0 Å². The van der Waals surface area contributed by atoms with Crippen LogP contribution in [0.1, 0.15) is 5.76 Å². The lowest BCUT2D eigenvalue weighted by molar-refractivity contribution is -0.384. The summed E-state index contributed by atoms with van der Waals surface area (Å²) in [4.78, 5) is 49.0. The number of rotatable bonds is 8. The van der Waals surface area contributed by atoms with Gasteiger partial charge in [-0.3, -0.25) is 29.4 Å². The molecule has 0 atom stereocenters. The maximum absolute atomic E-state index is 12.8. The molecule has 0 radical (unpaired) electrons. The summed E-state index contributed by atoms with van der Waals surface area (Å²) in [5.41, 5.74) is 0.708. The Balaban J connectivity index is 1.47. The fourth-order valence-corrected chi connectivity index (χ4v) is 4.50. The number of thioether (sulfide) groups is 1. The molecule has 3 aromatic rings. The highest BCUT2D eigenvalue weighted by molar-refractivity contribution is 8.18. The predicted octanol–water partition coefficient (Wildman–Crippen LogP) is 5.20. The van der Waals surface area contributed by atoms with Gasteiger partial charge in [-0.15, -0.1) is 0 Å². The zero-order valence-electron chi connectivity index (χ0n) is 19.3. The molecule has 0 aliphatic carbocycles. The number of imide groups is 1. The fraction of sp³-hybridized carbons (Fsp3) is 0.125. The number of benzene rings is 2. The van der Waals surface area contributed by atoms with Crippen LogP contribution in [0.3, 0.4) is 0 Å². The van der Waals surface area contributed by atoms with Crippen molar-refractivity contribution in [1.29, 1.82) is 0 Å². The first kappa shape index (κ1) is 25.8. The third-order valence-corrected chi connectivity index (χ3v) is 6.38. The minimum atomic E-state index is -0.649. The van der Waals surface area contributed by atoms with Crippen LogP contribution in [0.4, 0.5) is 16.2 Å². The molecule has 0 bridgehead atoms.